The maximum absolute atomic E-state index is 14.0. The van der Waals surface area contributed by atoms with Gasteiger partial charge in [0.05, 0.1) is 18.4 Å². The topological polar surface area (TPSA) is 97.2 Å². The lowest BCUT2D eigenvalue weighted by molar-refractivity contribution is 0.113. The predicted molar refractivity (Wildman–Crippen MR) is 85.1 cm³/mol. The van der Waals surface area contributed by atoms with E-state index in [1.165, 1.54) is 17.8 Å². The third-order valence-electron chi connectivity index (χ3n) is 2.78. The van der Waals surface area contributed by atoms with Crippen molar-refractivity contribution in [2.75, 3.05) is 18.9 Å². The molecule has 122 valence electrons. The van der Waals surface area contributed by atoms with Gasteiger partial charge in [-0.25, -0.2) is 4.39 Å². The fraction of sp³-hybridized carbons (Fsp3) is 0.385. The van der Waals surface area contributed by atoms with Gasteiger partial charge >= 0.3 is 0 Å². The van der Waals surface area contributed by atoms with Crippen LogP contribution in [-0.2, 0) is 6.42 Å². The van der Waals surface area contributed by atoms with Crippen LogP contribution in [0.25, 0.3) is 5.69 Å². The summed E-state index contributed by atoms with van der Waals surface area (Å²) in [5.41, 5.74) is 5.88. The molecule has 0 aliphatic heterocycles. The lowest BCUT2D eigenvalue weighted by Gasteiger charge is -2.11. The molecule has 0 saturated carbocycles. The molecule has 0 aliphatic carbocycles. The molecular weight excluding hydrogens is 331 g/mol. The summed E-state index contributed by atoms with van der Waals surface area (Å²) in [5.74, 6) is 0.412. The monoisotopic (exact) mass is 348 g/mol. The predicted octanol–water partition coefficient (Wildman–Crippen LogP) is 0.775. The van der Waals surface area contributed by atoms with E-state index >= 15 is 0 Å². The Bertz CT molecular complexity index is 599. The minimum atomic E-state index is -0.862. The lowest BCUT2D eigenvalue weighted by atomic mass is 10.3. The average molecular weight is 349 g/mol. The molecule has 2 rings (SSSR count). The Morgan fingerprint density at radius 1 is 1.32 bits per heavy atom. The zero-order chi connectivity index (χ0) is 15.2. The third kappa shape index (κ3) is 4.40. The van der Waals surface area contributed by atoms with Crippen LogP contribution in [-0.4, -0.2) is 50.0 Å². The second-order valence-electron chi connectivity index (χ2n) is 4.37. The molecule has 1 aromatic carbocycles. The number of benzene rings is 1. The summed E-state index contributed by atoms with van der Waals surface area (Å²) in [6.45, 7) is 0.0347. The van der Waals surface area contributed by atoms with E-state index in [1.54, 1.807) is 22.8 Å². The van der Waals surface area contributed by atoms with E-state index in [0.717, 1.165) is 0 Å². The Kier molecular flexibility index (Phi) is 7.77. The van der Waals surface area contributed by atoms with Gasteiger partial charge in [-0.1, -0.05) is 23.9 Å². The van der Waals surface area contributed by atoms with E-state index < -0.39 is 6.10 Å². The molecular formula is C13H18ClFN4O2S. The largest absolute Gasteiger partial charge is 0.394 e. The second-order valence-corrected chi connectivity index (χ2v) is 5.36. The Morgan fingerprint density at radius 2 is 2.05 bits per heavy atom. The smallest absolute Gasteiger partial charge is 0.196 e. The van der Waals surface area contributed by atoms with E-state index in [4.69, 9.17) is 10.8 Å². The van der Waals surface area contributed by atoms with Crippen molar-refractivity contribution in [1.82, 2.24) is 14.8 Å². The normalized spacial score (nSPS) is 12.0. The molecule has 1 aromatic heterocycles. The summed E-state index contributed by atoms with van der Waals surface area (Å²) in [5, 5.41) is 26.8. The summed E-state index contributed by atoms with van der Waals surface area (Å²) in [6.07, 6.45) is -0.400. The Balaban J connectivity index is 0.00000242. The van der Waals surface area contributed by atoms with Gasteiger partial charge in [0.15, 0.2) is 5.16 Å². The SMILES string of the molecule is Cl.NCCc1nnc(SCC(O)CO)n1-c1ccccc1F. The zero-order valence-corrected chi connectivity index (χ0v) is 13.4. The van der Waals surface area contributed by atoms with Gasteiger partial charge in [-0.3, -0.25) is 4.57 Å². The minimum Gasteiger partial charge on any atom is -0.394 e. The Labute approximate surface area is 138 Å². The van der Waals surface area contributed by atoms with Crippen molar-refractivity contribution in [3.05, 3.63) is 35.9 Å². The van der Waals surface area contributed by atoms with E-state index in [1.807, 2.05) is 0 Å². The average Bonchev–Trinajstić information content (AvgIpc) is 2.88. The summed E-state index contributed by atoms with van der Waals surface area (Å²) in [4.78, 5) is 0. The van der Waals surface area contributed by atoms with Crippen molar-refractivity contribution >= 4 is 24.2 Å². The Morgan fingerprint density at radius 3 is 2.68 bits per heavy atom. The number of para-hydroxylation sites is 1. The first kappa shape index (κ1) is 18.9. The highest BCUT2D eigenvalue weighted by atomic mass is 35.5. The molecule has 9 heteroatoms. The van der Waals surface area contributed by atoms with Crippen molar-refractivity contribution in [1.29, 1.82) is 0 Å². The maximum atomic E-state index is 14.0. The number of hydrogen-bond donors (Lipinski definition) is 3. The maximum Gasteiger partial charge on any atom is 0.196 e. The first-order valence-electron chi connectivity index (χ1n) is 6.48. The molecule has 4 N–H and O–H groups in total. The number of hydrogen-bond acceptors (Lipinski definition) is 6. The molecule has 1 heterocycles. The van der Waals surface area contributed by atoms with Gasteiger partial charge in [0.2, 0.25) is 0 Å². The number of aliphatic hydroxyl groups excluding tert-OH is 2. The molecule has 0 saturated heterocycles. The number of halogens is 2. The molecule has 22 heavy (non-hydrogen) atoms. The van der Waals surface area contributed by atoms with E-state index in [2.05, 4.69) is 10.2 Å². The van der Waals surface area contributed by atoms with Gasteiger partial charge in [-0.15, -0.1) is 22.6 Å². The second kappa shape index (κ2) is 9.06. The Hall–Kier alpha value is -1.19. The van der Waals surface area contributed by atoms with Crippen LogP contribution in [0.2, 0.25) is 0 Å². The molecule has 0 amide bonds. The van der Waals surface area contributed by atoms with E-state index in [9.17, 15) is 9.50 Å². The minimum absolute atomic E-state index is 0. The fourth-order valence-electron chi connectivity index (χ4n) is 1.78. The van der Waals surface area contributed by atoms with Crippen LogP contribution < -0.4 is 5.73 Å². The summed E-state index contributed by atoms with van der Waals surface area (Å²) in [7, 11) is 0. The quantitative estimate of drug-likeness (QED) is 0.640. The molecule has 0 fully saturated rings. The first-order valence-corrected chi connectivity index (χ1v) is 7.47. The molecule has 0 aliphatic rings. The van der Waals surface area contributed by atoms with Gasteiger partial charge in [-0.05, 0) is 18.7 Å². The van der Waals surface area contributed by atoms with Gasteiger partial charge in [-0.2, -0.15) is 0 Å². The van der Waals surface area contributed by atoms with Gasteiger partial charge in [0.25, 0.3) is 0 Å². The zero-order valence-electron chi connectivity index (χ0n) is 11.7. The van der Waals surface area contributed by atoms with Crippen LogP contribution in [0.1, 0.15) is 5.82 Å². The highest BCUT2D eigenvalue weighted by Gasteiger charge is 2.17. The van der Waals surface area contributed by atoms with Crippen LogP contribution >= 0.6 is 24.2 Å². The lowest BCUT2D eigenvalue weighted by Crippen LogP contribution is -2.15. The molecule has 6 nitrogen and oxygen atoms in total. The number of thioether (sulfide) groups is 1. The number of rotatable bonds is 7. The number of nitrogens with two attached hydrogens (primary N) is 1. The highest BCUT2D eigenvalue weighted by molar-refractivity contribution is 7.99. The molecule has 0 radical (unpaired) electrons. The van der Waals surface area contributed by atoms with Crippen LogP contribution in [0.4, 0.5) is 4.39 Å². The molecule has 0 bridgehead atoms. The molecule has 1 atom stereocenters. The van der Waals surface area contributed by atoms with Crippen molar-refractivity contribution in [3.8, 4) is 5.69 Å². The molecule has 1 unspecified atom stereocenters. The fourth-order valence-corrected chi connectivity index (χ4v) is 2.66. The number of aromatic nitrogens is 3. The van der Waals surface area contributed by atoms with Crippen LogP contribution in [0.5, 0.6) is 0 Å². The van der Waals surface area contributed by atoms with Crippen LogP contribution in [0.15, 0.2) is 29.4 Å². The first-order chi connectivity index (χ1) is 10.2. The van der Waals surface area contributed by atoms with Gasteiger partial charge < -0.3 is 15.9 Å². The summed E-state index contributed by atoms with van der Waals surface area (Å²) in [6, 6.07) is 6.32. The van der Waals surface area contributed by atoms with E-state index in [-0.39, 0.29) is 30.6 Å². The standard InChI is InChI=1S/C13H17FN4O2S.ClH/c14-10-3-1-2-4-11(10)18-12(5-6-15)16-17-13(18)21-8-9(20)7-19;/h1-4,9,19-20H,5-8,15H2;1H. The summed E-state index contributed by atoms with van der Waals surface area (Å²) >= 11 is 1.20. The number of nitrogens with zero attached hydrogens (tertiary/aromatic N) is 3. The molecule has 0 spiro atoms. The van der Waals surface area contributed by atoms with Crippen molar-refractivity contribution in [2.24, 2.45) is 5.73 Å². The number of aliphatic hydroxyl groups is 2. The van der Waals surface area contributed by atoms with Crippen LogP contribution in [0, 0.1) is 5.82 Å². The van der Waals surface area contributed by atoms with Crippen molar-refractivity contribution in [2.45, 2.75) is 17.7 Å². The van der Waals surface area contributed by atoms with Gasteiger partial charge in [0.1, 0.15) is 11.6 Å². The van der Waals surface area contributed by atoms with Crippen molar-refractivity contribution < 1.29 is 14.6 Å². The molecule has 2 aromatic rings. The van der Waals surface area contributed by atoms with E-state index in [0.29, 0.717) is 29.6 Å². The van der Waals surface area contributed by atoms with Crippen molar-refractivity contribution in [3.63, 3.8) is 0 Å². The third-order valence-corrected chi connectivity index (χ3v) is 3.85. The van der Waals surface area contributed by atoms with Crippen LogP contribution in [0.3, 0.4) is 0 Å². The summed E-state index contributed by atoms with van der Waals surface area (Å²) < 4.78 is 15.6. The highest BCUT2D eigenvalue weighted by Crippen LogP contribution is 2.24. The van der Waals surface area contributed by atoms with Gasteiger partial charge in [0, 0.05) is 12.2 Å².